The smallest absolute Gasteiger partial charge is 0.222 e. The van der Waals surface area contributed by atoms with E-state index in [0.29, 0.717) is 24.8 Å². The van der Waals surface area contributed by atoms with Gasteiger partial charge >= 0.3 is 0 Å². The molecule has 5 nitrogen and oxygen atoms in total. The van der Waals surface area contributed by atoms with Gasteiger partial charge in [0.05, 0.1) is 6.54 Å². The Morgan fingerprint density at radius 1 is 1.30 bits per heavy atom. The Morgan fingerprint density at radius 2 is 2.00 bits per heavy atom. The summed E-state index contributed by atoms with van der Waals surface area (Å²) in [5.41, 5.74) is 1.44. The van der Waals surface area contributed by atoms with Gasteiger partial charge in [-0.2, -0.15) is 0 Å². The van der Waals surface area contributed by atoms with E-state index in [2.05, 4.69) is 64.7 Å². The fraction of sp³-hybridized carbons (Fsp3) is 0.619. The number of rotatable bonds is 6. The van der Waals surface area contributed by atoms with Crippen LogP contribution in [0.5, 0.6) is 0 Å². The number of amides is 1. The molecule has 1 aliphatic rings. The molecule has 1 fully saturated rings. The zero-order chi connectivity index (χ0) is 18.9. The molecule has 0 aliphatic carbocycles. The van der Waals surface area contributed by atoms with E-state index in [1.165, 1.54) is 5.56 Å². The van der Waals surface area contributed by atoms with E-state index in [-0.39, 0.29) is 35.9 Å². The first-order valence-electron chi connectivity index (χ1n) is 9.88. The third kappa shape index (κ3) is 7.68. The maximum atomic E-state index is 11.8. The van der Waals surface area contributed by atoms with Gasteiger partial charge in [0.2, 0.25) is 5.91 Å². The van der Waals surface area contributed by atoms with E-state index < -0.39 is 0 Å². The number of carbonyl (C=O) groups is 1. The van der Waals surface area contributed by atoms with Crippen molar-refractivity contribution in [2.45, 2.75) is 52.5 Å². The molecular weight excluding hydrogens is 451 g/mol. The Bertz CT molecular complexity index is 591. The number of carbonyl (C=O) groups excluding carboxylic acids is 1. The Morgan fingerprint density at radius 3 is 2.59 bits per heavy atom. The van der Waals surface area contributed by atoms with Crippen LogP contribution in [-0.2, 0) is 4.79 Å². The zero-order valence-electron chi connectivity index (χ0n) is 17.1. The SMILES string of the molecule is CCNC(=NCCC(=O)NC(C)C)N1CCC(c2ccccc2)C(C)C1.I. The highest BCUT2D eigenvalue weighted by atomic mass is 127. The number of likely N-dealkylation sites (tertiary alicyclic amines) is 1. The normalized spacial score (nSPS) is 20.2. The minimum atomic E-state index is 0. The van der Waals surface area contributed by atoms with Gasteiger partial charge < -0.3 is 15.5 Å². The second-order valence-corrected chi connectivity index (χ2v) is 7.44. The topological polar surface area (TPSA) is 56.7 Å². The molecule has 2 unspecified atom stereocenters. The summed E-state index contributed by atoms with van der Waals surface area (Å²) in [6.45, 7) is 11.7. The molecule has 1 aromatic rings. The summed E-state index contributed by atoms with van der Waals surface area (Å²) in [6, 6.07) is 11.0. The van der Waals surface area contributed by atoms with Gasteiger partial charge in [-0.3, -0.25) is 9.79 Å². The molecule has 1 amide bonds. The lowest BCUT2D eigenvalue weighted by Crippen LogP contribution is -2.48. The van der Waals surface area contributed by atoms with Crippen molar-refractivity contribution in [1.29, 1.82) is 0 Å². The molecule has 27 heavy (non-hydrogen) atoms. The largest absolute Gasteiger partial charge is 0.357 e. The minimum Gasteiger partial charge on any atom is -0.357 e. The van der Waals surface area contributed by atoms with E-state index in [0.717, 1.165) is 32.0 Å². The van der Waals surface area contributed by atoms with E-state index in [9.17, 15) is 4.79 Å². The van der Waals surface area contributed by atoms with Crippen molar-refractivity contribution in [3.63, 3.8) is 0 Å². The Balaban J connectivity index is 0.00000364. The molecule has 0 saturated carbocycles. The molecule has 1 aromatic carbocycles. The van der Waals surface area contributed by atoms with Crippen LogP contribution < -0.4 is 10.6 Å². The molecule has 1 saturated heterocycles. The van der Waals surface area contributed by atoms with Gasteiger partial charge in [0.15, 0.2) is 5.96 Å². The van der Waals surface area contributed by atoms with Gasteiger partial charge in [-0.15, -0.1) is 24.0 Å². The first-order valence-corrected chi connectivity index (χ1v) is 9.88. The van der Waals surface area contributed by atoms with E-state index in [1.54, 1.807) is 0 Å². The van der Waals surface area contributed by atoms with Crippen molar-refractivity contribution in [3.8, 4) is 0 Å². The van der Waals surface area contributed by atoms with Crippen molar-refractivity contribution in [2.75, 3.05) is 26.2 Å². The summed E-state index contributed by atoms with van der Waals surface area (Å²) in [7, 11) is 0. The fourth-order valence-corrected chi connectivity index (χ4v) is 3.62. The van der Waals surface area contributed by atoms with Crippen LogP contribution in [0.1, 0.15) is 52.0 Å². The highest BCUT2D eigenvalue weighted by Gasteiger charge is 2.28. The van der Waals surface area contributed by atoms with Gasteiger partial charge in [0.25, 0.3) is 0 Å². The number of guanidine groups is 1. The van der Waals surface area contributed by atoms with Crippen LogP contribution in [0, 0.1) is 5.92 Å². The molecule has 2 atom stereocenters. The number of piperidine rings is 1. The molecular formula is C21H35IN4O. The maximum Gasteiger partial charge on any atom is 0.222 e. The van der Waals surface area contributed by atoms with Crippen LogP contribution in [0.2, 0.25) is 0 Å². The first kappa shape index (κ1) is 23.7. The molecule has 0 aromatic heterocycles. The summed E-state index contributed by atoms with van der Waals surface area (Å²) in [5.74, 6) is 2.17. The standard InChI is InChI=1S/C21H34N4O.HI/c1-5-22-21(23-13-11-20(26)24-16(2)3)25-14-12-19(17(4)15-25)18-9-7-6-8-10-18;/h6-10,16-17,19H,5,11-15H2,1-4H3,(H,22,23)(H,24,26);1H. The molecule has 0 spiro atoms. The third-order valence-corrected chi connectivity index (χ3v) is 4.82. The Hall–Kier alpha value is -1.31. The molecule has 152 valence electrons. The highest BCUT2D eigenvalue weighted by molar-refractivity contribution is 14.0. The van der Waals surface area contributed by atoms with Crippen LogP contribution in [-0.4, -0.2) is 49.0 Å². The first-order chi connectivity index (χ1) is 12.5. The lowest BCUT2D eigenvalue weighted by molar-refractivity contribution is -0.121. The summed E-state index contributed by atoms with van der Waals surface area (Å²) >= 11 is 0. The lowest BCUT2D eigenvalue weighted by Gasteiger charge is -2.39. The average molecular weight is 486 g/mol. The van der Waals surface area contributed by atoms with Gasteiger partial charge in [0.1, 0.15) is 0 Å². The number of hydrogen-bond acceptors (Lipinski definition) is 2. The number of nitrogens with one attached hydrogen (secondary N) is 2. The van der Waals surface area contributed by atoms with Crippen molar-refractivity contribution >= 4 is 35.8 Å². The van der Waals surface area contributed by atoms with E-state index in [1.807, 2.05) is 13.8 Å². The quantitative estimate of drug-likeness (QED) is 0.367. The summed E-state index contributed by atoms with van der Waals surface area (Å²) in [6.07, 6.45) is 1.56. The molecule has 6 heteroatoms. The van der Waals surface area contributed by atoms with Crippen LogP contribution in [0.4, 0.5) is 0 Å². The van der Waals surface area contributed by atoms with Crippen molar-refractivity contribution < 1.29 is 4.79 Å². The van der Waals surface area contributed by atoms with Crippen molar-refractivity contribution in [1.82, 2.24) is 15.5 Å². The fourth-order valence-electron chi connectivity index (χ4n) is 3.62. The predicted molar refractivity (Wildman–Crippen MR) is 124 cm³/mol. The average Bonchev–Trinajstić information content (AvgIpc) is 2.61. The molecule has 0 bridgehead atoms. The van der Waals surface area contributed by atoms with Crippen LogP contribution in [0.3, 0.4) is 0 Å². The Kier molecular flexibility index (Phi) is 10.7. The van der Waals surface area contributed by atoms with Crippen LogP contribution in [0.15, 0.2) is 35.3 Å². The second-order valence-electron chi connectivity index (χ2n) is 7.44. The number of aliphatic imine (C=N–C) groups is 1. The molecule has 2 N–H and O–H groups in total. The number of hydrogen-bond donors (Lipinski definition) is 2. The predicted octanol–water partition coefficient (Wildman–Crippen LogP) is 3.61. The van der Waals surface area contributed by atoms with Gasteiger partial charge in [-0.25, -0.2) is 0 Å². The molecule has 1 heterocycles. The monoisotopic (exact) mass is 486 g/mol. The number of halogens is 1. The van der Waals surface area contributed by atoms with Gasteiger partial charge in [-0.05, 0) is 44.6 Å². The summed E-state index contributed by atoms with van der Waals surface area (Å²) in [4.78, 5) is 18.8. The van der Waals surface area contributed by atoms with Crippen LogP contribution in [0.25, 0.3) is 0 Å². The summed E-state index contributed by atoms with van der Waals surface area (Å²) < 4.78 is 0. The summed E-state index contributed by atoms with van der Waals surface area (Å²) in [5, 5.41) is 6.30. The lowest BCUT2D eigenvalue weighted by atomic mass is 9.82. The number of nitrogens with zero attached hydrogens (tertiary/aromatic N) is 2. The van der Waals surface area contributed by atoms with Gasteiger partial charge in [-0.1, -0.05) is 37.3 Å². The third-order valence-electron chi connectivity index (χ3n) is 4.82. The van der Waals surface area contributed by atoms with Crippen molar-refractivity contribution in [2.24, 2.45) is 10.9 Å². The van der Waals surface area contributed by atoms with Gasteiger partial charge in [0, 0.05) is 32.1 Å². The molecule has 1 aliphatic heterocycles. The Labute approximate surface area is 181 Å². The second kappa shape index (κ2) is 12.2. The maximum absolute atomic E-state index is 11.8. The molecule has 0 radical (unpaired) electrons. The highest BCUT2D eigenvalue weighted by Crippen LogP contribution is 2.32. The minimum absolute atomic E-state index is 0. The van der Waals surface area contributed by atoms with E-state index in [4.69, 9.17) is 0 Å². The van der Waals surface area contributed by atoms with Crippen molar-refractivity contribution in [3.05, 3.63) is 35.9 Å². The zero-order valence-corrected chi connectivity index (χ0v) is 19.4. The van der Waals surface area contributed by atoms with Crippen LogP contribution >= 0.6 is 24.0 Å². The van der Waals surface area contributed by atoms with E-state index >= 15 is 0 Å². The number of benzene rings is 1. The molecule has 2 rings (SSSR count).